The molecule has 1 aromatic carbocycles. The van der Waals surface area contributed by atoms with Crippen molar-refractivity contribution in [1.82, 2.24) is 9.80 Å². The van der Waals surface area contributed by atoms with Gasteiger partial charge in [-0.05, 0) is 37.0 Å². The van der Waals surface area contributed by atoms with Crippen LogP contribution in [0.15, 0.2) is 24.3 Å². The molecule has 0 aromatic heterocycles. The molecule has 0 spiro atoms. The van der Waals surface area contributed by atoms with Gasteiger partial charge in [-0.15, -0.1) is 0 Å². The number of rotatable bonds is 7. The van der Waals surface area contributed by atoms with Crippen molar-refractivity contribution < 1.29 is 14.3 Å². The topological polar surface area (TPSA) is 49.9 Å². The second kappa shape index (κ2) is 9.44. The molecule has 1 heterocycles. The van der Waals surface area contributed by atoms with E-state index in [4.69, 9.17) is 4.74 Å². The molecule has 0 atom stereocenters. The van der Waals surface area contributed by atoms with E-state index in [1.807, 2.05) is 34.1 Å². The fraction of sp³-hybridized carbons (Fsp3) is 0.600. The lowest BCUT2D eigenvalue weighted by Crippen LogP contribution is -2.51. The Kier molecular flexibility index (Phi) is 7.29. The van der Waals surface area contributed by atoms with Crippen molar-refractivity contribution in [3.8, 4) is 5.75 Å². The van der Waals surface area contributed by atoms with Crippen LogP contribution < -0.4 is 4.74 Å². The Morgan fingerprint density at radius 3 is 2.32 bits per heavy atom. The average molecular weight is 346 g/mol. The zero-order valence-electron chi connectivity index (χ0n) is 15.7. The van der Waals surface area contributed by atoms with Crippen molar-refractivity contribution >= 4 is 11.8 Å². The van der Waals surface area contributed by atoms with Crippen LogP contribution in [0.5, 0.6) is 5.75 Å². The Morgan fingerprint density at radius 2 is 1.72 bits per heavy atom. The van der Waals surface area contributed by atoms with Gasteiger partial charge in [0.1, 0.15) is 5.75 Å². The van der Waals surface area contributed by atoms with Gasteiger partial charge in [0.25, 0.3) is 0 Å². The van der Waals surface area contributed by atoms with Gasteiger partial charge in [-0.1, -0.05) is 26.0 Å². The van der Waals surface area contributed by atoms with Gasteiger partial charge in [-0.25, -0.2) is 0 Å². The van der Waals surface area contributed by atoms with Crippen molar-refractivity contribution in [3.63, 3.8) is 0 Å². The summed E-state index contributed by atoms with van der Waals surface area (Å²) in [6, 6.07) is 7.84. The van der Waals surface area contributed by atoms with Gasteiger partial charge < -0.3 is 14.5 Å². The molecule has 1 saturated heterocycles. The highest BCUT2D eigenvalue weighted by Crippen LogP contribution is 2.16. The minimum absolute atomic E-state index is 0.121. The third-order valence-electron chi connectivity index (χ3n) is 5.04. The van der Waals surface area contributed by atoms with Crippen LogP contribution in [-0.4, -0.2) is 54.9 Å². The second-order valence-corrected chi connectivity index (χ2v) is 6.57. The number of carbonyl (C=O) groups is 2. The molecule has 5 nitrogen and oxygen atoms in total. The number of nitrogens with zero attached hydrogens (tertiary/aromatic N) is 2. The van der Waals surface area contributed by atoms with E-state index in [0.29, 0.717) is 39.0 Å². The van der Waals surface area contributed by atoms with Gasteiger partial charge >= 0.3 is 0 Å². The number of hydrogen-bond donors (Lipinski definition) is 0. The molecule has 0 radical (unpaired) electrons. The Bertz CT molecular complexity index is 576. The van der Waals surface area contributed by atoms with Crippen LogP contribution >= 0.6 is 0 Å². The maximum absolute atomic E-state index is 12.4. The first-order chi connectivity index (χ1) is 12.1. The predicted molar refractivity (Wildman–Crippen MR) is 98.5 cm³/mol. The first-order valence-electron chi connectivity index (χ1n) is 9.28. The number of ether oxygens (including phenoxy) is 1. The summed E-state index contributed by atoms with van der Waals surface area (Å²) < 4.78 is 5.22. The maximum Gasteiger partial charge on any atom is 0.225 e. The van der Waals surface area contributed by atoms with Gasteiger partial charge in [0, 0.05) is 38.5 Å². The van der Waals surface area contributed by atoms with Crippen molar-refractivity contribution in [2.45, 2.75) is 39.5 Å². The number of benzene rings is 1. The van der Waals surface area contributed by atoms with Crippen LogP contribution in [0.1, 0.15) is 38.7 Å². The van der Waals surface area contributed by atoms with Crippen LogP contribution in [-0.2, 0) is 16.0 Å². The molecule has 2 amide bonds. The predicted octanol–water partition coefficient (Wildman–Crippen LogP) is 2.73. The summed E-state index contributed by atoms with van der Waals surface area (Å²) in [4.78, 5) is 28.7. The zero-order chi connectivity index (χ0) is 18.2. The van der Waals surface area contributed by atoms with Crippen molar-refractivity contribution in [1.29, 1.82) is 0 Å². The number of amides is 2. The quantitative estimate of drug-likeness (QED) is 0.763. The fourth-order valence-corrected chi connectivity index (χ4v) is 3.31. The van der Waals surface area contributed by atoms with E-state index in [-0.39, 0.29) is 17.7 Å². The van der Waals surface area contributed by atoms with Gasteiger partial charge in [0.2, 0.25) is 11.8 Å². The van der Waals surface area contributed by atoms with Crippen LogP contribution in [0.3, 0.4) is 0 Å². The smallest absolute Gasteiger partial charge is 0.225 e. The van der Waals surface area contributed by atoms with Gasteiger partial charge in [0.05, 0.1) is 7.11 Å². The number of hydrogen-bond acceptors (Lipinski definition) is 3. The summed E-state index contributed by atoms with van der Waals surface area (Å²) in [5.41, 5.74) is 1.11. The molecule has 1 aliphatic heterocycles. The summed E-state index contributed by atoms with van der Waals surface area (Å²) in [7, 11) is 1.65. The zero-order valence-corrected chi connectivity index (χ0v) is 15.7. The molecule has 1 aliphatic rings. The summed E-state index contributed by atoms with van der Waals surface area (Å²) in [6.07, 6.45) is 2.97. The van der Waals surface area contributed by atoms with Crippen LogP contribution in [0.4, 0.5) is 0 Å². The monoisotopic (exact) mass is 346 g/mol. The molecule has 1 fully saturated rings. The Morgan fingerprint density at radius 1 is 1.08 bits per heavy atom. The molecule has 138 valence electrons. The Hall–Kier alpha value is -2.04. The van der Waals surface area contributed by atoms with Crippen molar-refractivity contribution in [2.24, 2.45) is 5.92 Å². The third-order valence-corrected chi connectivity index (χ3v) is 5.04. The molecule has 0 unspecified atom stereocenters. The molecule has 2 rings (SSSR count). The van der Waals surface area contributed by atoms with Gasteiger partial charge in [-0.3, -0.25) is 9.59 Å². The summed E-state index contributed by atoms with van der Waals surface area (Å²) >= 11 is 0. The van der Waals surface area contributed by atoms with Crippen LogP contribution in [0.2, 0.25) is 0 Å². The largest absolute Gasteiger partial charge is 0.497 e. The molecular formula is C20H30N2O3. The number of piperazine rings is 1. The number of aryl methyl sites for hydroxylation is 1. The van der Waals surface area contributed by atoms with Gasteiger partial charge in [0.15, 0.2) is 0 Å². The minimum atomic E-state index is 0.121. The number of carbonyl (C=O) groups excluding carboxylic acids is 2. The fourth-order valence-electron chi connectivity index (χ4n) is 3.31. The SMILES string of the molecule is CCC(CC)C(=O)N1CCN(C(=O)CCc2cccc(OC)c2)CC1. The second-order valence-electron chi connectivity index (χ2n) is 6.57. The number of methoxy groups -OCH3 is 1. The average Bonchev–Trinajstić information content (AvgIpc) is 2.67. The van der Waals surface area contributed by atoms with Crippen molar-refractivity contribution in [2.75, 3.05) is 33.3 Å². The van der Waals surface area contributed by atoms with E-state index in [0.717, 1.165) is 24.2 Å². The molecule has 1 aromatic rings. The Balaban J connectivity index is 1.80. The van der Waals surface area contributed by atoms with E-state index in [2.05, 4.69) is 13.8 Å². The van der Waals surface area contributed by atoms with E-state index in [1.54, 1.807) is 7.11 Å². The highest BCUT2D eigenvalue weighted by molar-refractivity contribution is 5.80. The summed E-state index contributed by atoms with van der Waals surface area (Å²) in [6.45, 7) is 6.71. The minimum Gasteiger partial charge on any atom is -0.497 e. The van der Waals surface area contributed by atoms with E-state index in [1.165, 1.54) is 0 Å². The Labute approximate surface area is 150 Å². The summed E-state index contributed by atoms with van der Waals surface area (Å²) in [5.74, 6) is 1.35. The van der Waals surface area contributed by atoms with Crippen LogP contribution in [0, 0.1) is 5.92 Å². The van der Waals surface area contributed by atoms with E-state index < -0.39 is 0 Å². The molecule has 0 aliphatic carbocycles. The highest BCUT2D eigenvalue weighted by atomic mass is 16.5. The lowest BCUT2D eigenvalue weighted by molar-refractivity contribution is -0.142. The lowest BCUT2D eigenvalue weighted by Gasteiger charge is -2.36. The first-order valence-corrected chi connectivity index (χ1v) is 9.28. The van der Waals surface area contributed by atoms with E-state index >= 15 is 0 Å². The maximum atomic E-state index is 12.4. The normalized spacial score (nSPS) is 14.7. The highest BCUT2D eigenvalue weighted by Gasteiger charge is 2.27. The molecule has 0 saturated carbocycles. The first kappa shape index (κ1) is 19.3. The van der Waals surface area contributed by atoms with Crippen LogP contribution in [0.25, 0.3) is 0 Å². The van der Waals surface area contributed by atoms with E-state index in [9.17, 15) is 9.59 Å². The van der Waals surface area contributed by atoms with Crippen molar-refractivity contribution in [3.05, 3.63) is 29.8 Å². The molecular weight excluding hydrogens is 316 g/mol. The lowest BCUT2D eigenvalue weighted by atomic mass is 10.0. The third kappa shape index (κ3) is 5.21. The molecule has 25 heavy (non-hydrogen) atoms. The standard InChI is InChI=1S/C20H30N2O3/c1-4-17(5-2)20(24)22-13-11-21(12-14-22)19(23)10-9-16-7-6-8-18(15-16)25-3/h6-8,15,17H,4-5,9-14H2,1-3H3. The summed E-state index contributed by atoms with van der Waals surface area (Å²) in [5, 5.41) is 0. The molecule has 0 bridgehead atoms. The molecule has 5 heteroatoms. The molecule has 0 N–H and O–H groups in total. The van der Waals surface area contributed by atoms with Gasteiger partial charge in [-0.2, -0.15) is 0 Å².